The van der Waals surface area contributed by atoms with E-state index in [0.717, 1.165) is 14.7 Å². The lowest BCUT2D eigenvalue weighted by Crippen LogP contribution is -2.30. The topological polar surface area (TPSA) is 32.7 Å². The molecule has 0 radical (unpaired) electrons. The fourth-order valence-corrected chi connectivity index (χ4v) is 2.41. The van der Waals surface area contributed by atoms with E-state index >= 15 is 0 Å². The number of benzene rings is 1. The molecule has 5 heteroatoms. The minimum Gasteiger partial charge on any atom is -0.490 e. The Hall–Kier alpha value is -0.100. The van der Waals surface area contributed by atoms with Gasteiger partial charge < -0.3 is 14.7 Å². The Morgan fingerprint density at radius 2 is 2.06 bits per heavy atom. The van der Waals surface area contributed by atoms with Crippen molar-refractivity contribution in [2.24, 2.45) is 0 Å². The maximum absolute atomic E-state index is 9.64. The van der Waals surface area contributed by atoms with Gasteiger partial charge >= 0.3 is 0 Å². The Morgan fingerprint density at radius 3 is 2.62 bits per heavy atom. The van der Waals surface area contributed by atoms with Crippen molar-refractivity contribution in [2.45, 2.75) is 6.10 Å². The highest BCUT2D eigenvalue weighted by molar-refractivity contribution is 9.11. The van der Waals surface area contributed by atoms with Crippen molar-refractivity contribution < 1.29 is 9.84 Å². The number of aliphatic hydroxyl groups excluding tert-OH is 1. The van der Waals surface area contributed by atoms with E-state index in [1.54, 1.807) is 0 Å². The van der Waals surface area contributed by atoms with Gasteiger partial charge in [-0.2, -0.15) is 0 Å². The Kier molecular flexibility index (Phi) is 5.75. The smallest absolute Gasteiger partial charge is 0.133 e. The summed E-state index contributed by atoms with van der Waals surface area (Å²) < 4.78 is 7.37. The van der Waals surface area contributed by atoms with Gasteiger partial charge in [0.2, 0.25) is 0 Å². The van der Waals surface area contributed by atoms with E-state index < -0.39 is 6.10 Å². The molecule has 0 bridgehead atoms. The first kappa shape index (κ1) is 14.0. The van der Waals surface area contributed by atoms with Gasteiger partial charge in [-0.3, -0.25) is 0 Å². The van der Waals surface area contributed by atoms with Gasteiger partial charge in [0.15, 0.2) is 0 Å². The van der Waals surface area contributed by atoms with Crippen LogP contribution in [0.3, 0.4) is 0 Å². The van der Waals surface area contributed by atoms with Crippen LogP contribution in [-0.2, 0) is 0 Å². The summed E-state index contributed by atoms with van der Waals surface area (Å²) >= 11 is 6.77. The molecule has 0 heterocycles. The van der Waals surface area contributed by atoms with Gasteiger partial charge in [0, 0.05) is 11.0 Å². The summed E-state index contributed by atoms with van der Waals surface area (Å²) in [5, 5.41) is 9.64. The van der Waals surface area contributed by atoms with Crippen LogP contribution in [0.1, 0.15) is 0 Å². The first-order valence-electron chi connectivity index (χ1n) is 4.89. The maximum Gasteiger partial charge on any atom is 0.133 e. The van der Waals surface area contributed by atoms with Crippen LogP contribution in [0.2, 0.25) is 0 Å². The number of likely N-dealkylation sites (N-methyl/N-ethyl adjacent to an activating group) is 1. The lowest BCUT2D eigenvalue weighted by molar-refractivity contribution is 0.0828. The second kappa shape index (κ2) is 6.59. The van der Waals surface area contributed by atoms with Crippen molar-refractivity contribution in [3.8, 4) is 5.75 Å². The number of aliphatic hydroxyl groups is 1. The van der Waals surface area contributed by atoms with E-state index in [4.69, 9.17) is 4.74 Å². The van der Waals surface area contributed by atoms with Crippen LogP contribution in [0.4, 0.5) is 0 Å². The van der Waals surface area contributed by atoms with Gasteiger partial charge in [0.25, 0.3) is 0 Å². The Bertz CT molecular complexity index is 345. The molecule has 0 spiro atoms. The molecular weight excluding hydrogens is 338 g/mol. The zero-order chi connectivity index (χ0) is 12.1. The summed E-state index contributed by atoms with van der Waals surface area (Å²) in [6, 6.07) is 5.67. The minimum atomic E-state index is -0.481. The van der Waals surface area contributed by atoms with Gasteiger partial charge in [0.05, 0.1) is 4.47 Å². The van der Waals surface area contributed by atoms with E-state index in [1.165, 1.54) is 0 Å². The van der Waals surface area contributed by atoms with Crippen LogP contribution in [0.25, 0.3) is 0 Å². The molecule has 0 aromatic heterocycles. The number of hydrogen-bond acceptors (Lipinski definition) is 3. The largest absolute Gasteiger partial charge is 0.490 e. The van der Waals surface area contributed by atoms with E-state index in [1.807, 2.05) is 37.2 Å². The van der Waals surface area contributed by atoms with Gasteiger partial charge in [-0.1, -0.05) is 15.9 Å². The van der Waals surface area contributed by atoms with Crippen LogP contribution in [-0.4, -0.2) is 43.4 Å². The van der Waals surface area contributed by atoms with Gasteiger partial charge in [0.1, 0.15) is 18.5 Å². The molecule has 1 atom stereocenters. The van der Waals surface area contributed by atoms with Crippen molar-refractivity contribution in [2.75, 3.05) is 27.2 Å². The Balaban J connectivity index is 2.48. The Labute approximate surface area is 113 Å². The third-order valence-electron chi connectivity index (χ3n) is 1.90. The molecule has 1 aromatic carbocycles. The first-order valence-corrected chi connectivity index (χ1v) is 6.48. The second-order valence-electron chi connectivity index (χ2n) is 3.80. The third kappa shape index (κ3) is 4.82. The number of nitrogens with zero attached hydrogens (tertiary/aromatic N) is 1. The van der Waals surface area contributed by atoms with Crippen molar-refractivity contribution in [3.05, 3.63) is 27.1 Å². The number of rotatable bonds is 5. The van der Waals surface area contributed by atoms with Gasteiger partial charge in [-0.25, -0.2) is 0 Å². The molecule has 1 rings (SSSR count). The van der Waals surface area contributed by atoms with Crippen LogP contribution in [0.5, 0.6) is 5.75 Å². The monoisotopic (exact) mass is 351 g/mol. The van der Waals surface area contributed by atoms with Gasteiger partial charge in [-0.15, -0.1) is 0 Å². The molecular formula is C11H15Br2NO2. The van der Waals surface area contributed by atoms with Crippen LogP contribution < -0.4 is 4.74 Å². The third-order valence-corrected chi connectivity index (χ3v) is 3.01. The molecule has 0 aliphatic rings. The molecule has 0 aliphatic heterocycles. The molecule has 90 valence electrons. The highest BCUT2D eigenvalue weighted by atomic mass is 79.9. The summed E-state index contributed by atoms with van der Waals surface area (Å²) in [5.41, 5.74) is 0. The zero-order valence-electron chi connectivity index (χ0n) is 9.28. The molecule has 0 saturated carbocycles. The molecule has 0 aliphatic carbocycles. The number of hydrogen-bond donors (Lipinski definition) is 1. The number of halogens is 2. The molecule has 1 N–H and O–H groups in total. The predicted molar refractivity (Wildman–Crippen MR) is 71.9 cm³/mol. The molecule has 3 nitrogen and oxygen atoms in total. The SMILES string of the molecule is CN(C)C[C@H](O)COc1ccc(Br)cc1Br. The molecule has 1 aromatic rings. The van der Waals surface area contributed by atoms with Crippen LogP contribution in [0.15, 0.2) is 27.1 Å². The predicted octanol–water partition coefficient (Wildman–Crippen LogP) is 2.51. The number of ether oxygens (including phenoxy) is 1. The summed E-state index contributed by atoms with van der Waals surface area (Å²) in [6.45, 7) is 0.882. The van der Waals surface area contributed by atoms with Crippen molar-refractivity contribution >= 4 is 31.9 Å². The lowest BCUT2D eigenvalue weighted by Gasteiger charge is -2.17. The standard InChI is InChI=1S/C11H15Br2NO2/c1-14(2)6-9(15)7-16-11-4-3-8(12)5-10(11)13/h3-5,9,15H,6-7H2,1-2H3/t9-/m0/s1. The van der Waals surface area contributed by atoms with Crippen molar-refractivity contribution in [1.29, 1.82) is 0 Å². The van der Waals surface area contributed by atoms with E-state index in [2.05, 4.69) is 31.9 Å². The summed E-state index contributed by atoms with van der Waals surface area (Å²) in [6.07, 6.45) is -0.481. The molecule has 0 amide bonds. The Morgan fingerprint density at radius 1 is 1.38 bits per heavy atom. The fourth-order valence-electron chi connectivity index (χ4n) is 1.25. The summed E-state index contributed by atoms with van der Waals surface area (Å²) in [7, 11) is 3.83. The van der Waals surface area contributed by atoms with Crippen LogP contribution in [0, 0.1) is 0 Å². The highest BCUT2D eigenvalue weighted by Gasteiger charge is 2.08. The minimum absolute atomic E-state index is 0.290. The first-order chi connectivity index (χ1) is 7.49. The molecule has 0 saturated heterocycles. The summed E-state index contributed by atoms with van der Waals surface area (Å²) in [5.74, 6) is 0.737. The highest BCUT2D eigenvalue weighted by Crippen LogP contribution is 2.28. The van der Waals surface area contributed by atoms with Crippen molar-refractivity contribution in [1.82, 2.24) is 4.90 Å². The van der Waals surface area contributed by atoms with E-state index in [9.17, 15) is 5.11 Å². The lowest BCUT2D eigenvalue weighted by atomic mass is 10.3. The summed E-state index contributed by atoms with van der Waals surface area (Å²) in [4.78, 5) is 1.92. The normalized spacial score (nSPS) is 12.9. The van der Waals surface area contributed by atoms with E-state index in [-0.39, 0.29) is 0 Å². The molecule has 16 heavy (non-hydrogen) atoms. The van der Waals surface area contributed by atoms with Crippen molar-refractivity contribution in [3.63, 3.8) is 0 Å². The maximum atomic E-state index is 9.64. The zero-order valence-corrected chi connectivity index (χ0v) is 12.5. The molecule has 0 fully saturated rings. The molecule has 0 unspecified atom stereocenters. The van der Waals surface area contributed by atoms with Gasteiger partial charge in [-0.05, 0) is 48.2 Å². The fraction of sp³-hybridized carbons (Fsp3) is 0.455. The van der Waals surface area contributed by atoms with Crippen LogP contribution >= 0.6 is 31.9 Å². The van der Waals surface area contributed by atoms with E-state index in [0.29, 0.717) is 13.2 Å². The second-order valence-corrected chi connectivity index (χ2v) is 5.57. The average Bonchev–Trinajstić information content (AvgIpc) is 2.15. The quantitative estimate of drug-likeness (QED) is 0.883. The average molecular weight is 353 g/mol.